The van der Waals surface area contributed by atoms with E-state index in [1.54, 1.807) is 0 Å². The lowest BCUT2D eigenvalue weighted by atomic mass is 10.1. The van der Waals surface area contributed by atoms with Crippen molar-refractivity contribution in [1.82, 2.24) is 0 Å². The van der Waals surface area contributed by atoms with Crippen molar-refractivity contribution in [3.63, 3.8) is 0 Å². The van der Waals surface area contributed by atoms with Gasteiger partial charge in [-0.3, -0.25) is 0 Å². The zero-order valence-corrected chi connectivity index (χ0v) is 32.9. The van der Waals surface area contributed by atoms with E-state index >= 15 is 0 Å². The fourth-order valence-corrected chi connectivity index (χ4v) is 18.1. The van der Waals surface area contributed by atoms with Crippen LogP contribution in [0.1, 0.15) is 11.1 Å². The van der Waals surface area contributed by atoms with Crippen LogP contribution in [0.3, 0.4) is 0 Å². The molecule has 0 N–H and O–H groups in total. The predicted molar refractivity (Wildman–Crippen MR) is 173 cm³/mol. The Labute approximate surface area is 297 Å². The van der Waals surface area contributed by atoms with Crippen molar-refractivity contribution in [3.05, 3.63) is 75.9 Å². The van der Waals surface area contributed by atoms with Crippen LogP contribution in [0.25, 0.3) is 6.08 Å². The lowest BCUT2D eigenvalue weighted by Gasteiger charge is -2.19. The first-order chi connectivity index (χ1) is 19.8. The zero-order valence-electron chi connectivity index (χ0n) is 21.2. The van der Waals surface area contributed by atoms with Crippen molar-refractivity contribution in [2.45, 2.75) is 36.6 Å². The molecule has 0 spiro atoms. The van der Waals surface area contributed by atoms with Crippen molar-refractivity contribution in [2.75, 3.05) is 0 Å². The molecule has 0 aromatic heterocycles. The normalized spacial score (nSPS) is 12.0. The van der Waals surface area contributed by atoms with Crippen LogP contribution in [-0.4, -0.2) is 26.1 Å². The summed E-state index contributed by atoms with van der Waals surface area (Å²) in [5.41, 5.74) is -1.96. The Balaban J connectivity index is 0.000000709. The van der Waals surface area contributed by atoms with Crippen molar-refractivity contribution in [3.8, 4) is 0 Å². The van der Waals surface area contributed by atoms with Crippen LogP contribution < -0.4 is 0 Å². The molecule has 44 heavy (non-hydrogen) atoms. The Kier molecular flexibility index (Phi) is 20.0. The van der Waals surface area contributed by atoms with E-state index in [0.717, 1.165) is 0 Å². The van der Waals surface area contributed by atoms with Crippen LogP contribution in [0.15, 0.2) is 6.58 Å². The Bertz CT molecular complexity index is 1240. The summed E-state index contributed by atoms with van der Waals surface area (Å²) in [6, 6.07) is -3.95. The monoisotopic (exact) mass is 908 g/mol. The molecular weight excluding hydrogens is 897 g/mol. The second kappa shape index (κ2) is 19.4. The van der Waals surface area contributed by atoms with E-state index in [2.05, 4.69) is 6.58 Å². The van der Waals surface area contributed by atoms with Gasteiger partial charge >= 0.3 is 12.0 Å². The third-order valence-corrected chi connectivity index (χ3v) is 17.3. The van der Waals surface area contributed by atoms with Gasteiger partial charge in [0.05, 0.1) is 5.56 Å². The minimum Gasteiger partial charge on any atom is -0.203 e. The van der Waals surface area contributed by atoms with Gasteiger partial charge in [0, 0.05) is 5.56 Å². The van der Waals surface area contributed by atoms with E-state index in [9.17, 15) is 43.9 Å². The molecule has 0 radical (unpaired) electrons. The molecule has 0 saturated heterocycles. The quantitative estimate of drug-likeness (QED) is 0.0733. The Morgan fingerprint density at radius 2 is 0.841 bits per heavy atom. The van der Waals surface area contributed by atoms with Gasteiger partial charge in [-0.1, -0.05) is 12.7 Å². The summed E-state index contributed by atoms with van der Waals surface area (Å²) in [5, 5.41) is 0. The molecule has 252 valence electrons. The van der Waals surface area contributed by atoms with Crippen LogP contribution in [0.4, 0.5) is 43.9 Å². The summed E-state index contributed by atoms with van der Waals surface area (Å²) < 4.78 is 128. The second-order valence-electron chi connectivity index (χ2n) is 8.25. The summed E-state index contributed by atoms with van der Waals surface area (Å²) >= 11 is 56.9. The number of hydrogen-bond donors (Lipinski definition) is 0. The topological polar surface area (TPSA) is 0 Å². The molecule has 0 atom stereocenters. The lowest BCUT2D eigenvalue weighted by Crippen LogP contribution is -2.24. The highest BCUT2D eigenvalue weighted by atomic mass is 35.8. The van der Waals surface area contributed by atoms with E-state index in [0.29, 0.717) is 18.2 Å². The number of rotatable bonds is 10. The Hall–Kier alpha value is 1.25. The smallest absolute Gasteiger partial charge is 0.203 e. The van der Waals surface area contributed by atoms with Crippen molar-refractivity contribution in [2.24, 2.45) is 0 Å². The predicted octanol–water partition coefficient (Wildman–Crippen LogP) is 12.9. The van der Waals surface area contributed by atoms with Gasteiger partial charge in [0.2, 0.25) is 19.1 Å². The highest BCUT2D eigenvalue weighted by molar-refractivity contribution is 7.65. The summed E-state index contributed by atoms with van der Waals surface area (Å²) in [5.74, 6) is -19.8. The molecule has 0 aliphatic rings. The Morgan fingerprint density at radius 1 is 0.500 bits per heavy atom. The van der Waals surface area contributed by atoms with Crippen LogP contribution >= 0.6 is 111 Å². The van der Waals surface area contributed by atoms with Gasteiger partial charge in [-0.15, -0.1) is 88.6 Å². The number of benzene rings is 2. The van der Waals surface area contributed by atoms with Crippen molar-refractivity contribution in [1.29, 1.82) is 0 Å². The summed E-state index contributed by atoms with van der Waals surface area (Å²) in [6.45, 7) is -0.108. The molecule has 2 aromatic carbocycles. The molecule has 0 amide bonds. The minimum atomic E-state index is -3.04. The molecule has 2 aromatic rings. The highest BCUT2D eigenvalue weighted by Crippen LogP contribution is 2.37. The van der Waals surface area contributed by atoms with Crippen molar-refractivity contribution < 1.29 is 43.9 Å². The second-order valence-corrected chi connectivity index (χ2v) is 39.6. The molecule has 0 aliphatic heterocycles. The molecule has 0 nitrogen and oxygen atoms in total. The highest BCUT2D eigenvalue weighted by Gasteiger charge is 2.36. The SMILES string of the molecule is C=Cc1c(F)c(F)c(F)c(F)c1F.Cl[SiH](Cl)CC[Si](Cl)(Cl)Cl.Fc1c(F)c(F)c(CC[Si](Cl)(Cl)CC[Si](Cl)(Cl)Cl)c(F)c1F. The maximum atomic E-state index is 13.5. The van der Waals surface area contributed by atoms with Crippen LogP contribution in [-0.2, 0) is 6.42 Å². The standard InChI is InChI=1S/C10H8Cl5F5Si2.C8H3F5.C2H5Cl5Si2/c11-21(12,3-4-22(13,14)15)2-1-5-6(16)8(18)10(20)9(19)7(5)17;1-2-3-4(9)6(11)8(13)7(12)5(3)10;3-8(4)1-2-9(5,6)7/h1-4H2;2H,1H2;8H,1-2H2. The van der Waals surface area contributed by atoms with Crippen LogP contribution in [0.5, 0.6) is 0 Å². The first-order valence-corrected chi connectivity index (χ1v) is 30.4. The van der Waals surface area contributed by atoms with E-state index in [-0.39, 0.29) is 18.1 Å². The van der Waals surface area contributed by atoms with E-state index in [4.69, 9.17) is 111 Å². The molecular formula is C20H16Cl10F10Si4. The average Bonchev–Trinajstić information content (AvgIpc) is 2.91. The maximum absolute atomic E-state index is 13.5. The van der Waals surface area contributed by atoms with Gasteiger partial charge in [0.25, 0.3) is 6.69 Å². The summed E-state index contributed by atoms with van der Waals surface area (Å²) in [7, 11) is -1.54. The summed E-state index contributed by atoms with van der Waals surface area (Å²) in [4.78, 5) is 0. The number of hydrogen-bond acceptors (Lipinski definition) is 0. The lowest BCUT2D eigenvalue weighted by molar-refractivity contribution is 0.370. The largest absolute Gasteiger partial charge is 0.341 e. The molecule has 0 saturated carbocycles. The molecule has 24 heteroatoms. The van der Waals surface area contributed by atoms with Gasteiger partial charge in [0.15, 0.2) is 46.5 Å². The average molecular weight is 913 g/mol. The summed E-state index contributed by atoms with van der Waals surface area (Å²) in [6.07, 6.45) is 0.0721. The molecule has 2 rings (SSSR count). The van der Waals surface area contributed by atoms with Gasteiger partial charge < -0.3 is 0 Å². The van der Waals surface area contributed by atoms with E-state index in [1.807, 2.05) is 0 Å². The van der Waals surface area contributed by atoms with Gasteiger partial charge in [0.1, 0.15) is 0 Å². The molecule has 0 heterocycles. The van der Waals surface area contributed by atoms with Gasteiger partial charge in [-0.2, -0.15) is 22.2 Å². The first-order valence-electron chi connectivity index (χ1n) is 11.2. The maximum Gasteiger partial charge on any atom is 0.341 e. The number of halogens is 20. The molecule has 0 fully saturated rings. The minimum absolute atomic E-state index is 0.135. The van der Waals surface area contributed by atoms with Crippen LogP contribution in [0.2, 0.25) is 30.2 Å². The van der Waals surface area contributed by atoms with Crippen molar-refractivity contribution >= 4 is 143 Å². The molecule has 0 aliphatic carbocycles. The van der Waals surface area contributed by atoms with Crippen LogP contribution in [0, 0.1) is 58.2 Å². The fraction of sp³-hybridized carbons (Fsp3) is 0.300. The third-order valence-electron chi connectivity index (χ3n) is 4.91. The van der Waals surface area contributed by atoms with Gasteiger partial charge in [-0.05, 0) is 36.6 Å². The zero-order chi connectivity index (χ0) is 35.0. The van der Waals surface area contributed by atoms with E-state index < -0.39 is 102 Å². The van der Waals surface area contributed by atoms with E-state index in [1.165, 1.54) is 0 Å². The Morgan fingerprint density at radius 3 is 1.14 bits per heavy atom. The third kappa shape index (κ3) is 15.6. The fourth-order valence-electron chi connectivity index (χ4n) is 2.70. The first kappa shape index (κ1) is 45.2. The molecule has 0 bridgehead atoms. The molecule has 0 unspecified atom stereocenters. The van der Waals surface area contributed by atoms with Gasteiger partial charge in [-0.25, -0.2) is 43.9 Å².